The Balaban J connectivity index is 1.77. The molecule has 0 radical (unpaired) electrons. The van der Waals surface area contributed by atoms with E-state index in [9.17, 15) is 14.7 Å². The van der Waals surface area contributed by atoms with Crippen molar-refractivity contribution in [2.75, 3.05) is 13.7 Å². The van der Waals surface area contributed by atoms with Crippen LogP contribution < -0.4 is 14.8 Å². The molecule has 1 saturated carbocycles. The molecule has 0 spiro atoms. The van der Waals surface area contributed by atoms with E-state index in [0.717, 1.165) is 41.9 Å². The molecule has 208 valence electrons. The normalized spacial score (nSPS) is 21.6. The van der Waals surface area contributed by atoms with Gasteiger partial charge in [-0.2, -0.15) is 0 Å². The lowest BCUT2D eigenvalue weighted by Crippen LogP contribution is -2.43. The van der Waals surface area contributed by atoms with E-state index >= 15 is 0 Å². The van der Waals surface area contributed by atoms with Gasteiger partial charge >= 0.3 is 0 Å². The predicted octanol–water partition coefficient (Wildman–Crippen LogP) is 6.65. The van der Waals surface area contributed by atoms with Gasteiger partial charge in [0, 0.05) is 29.3 Å². The molecule has 0 aromatic heterocycles. The molecule has 1 amide bonds. The Bertz CT molecular complexity index is 1300. The van der Waals surface area contributed by atoms with Crippen LogP contribution in [0.25, 0.3) is 0 Å². The maximum atomic E-state index is 13.9. The van der Waals surface area contributed by atoms with Gasteiger partial charge in [0.2, 0.25) is 5.91 Å². The number of amides is 1. The van der Waals surface area contributed by atoms with Gasteiger partial charge in [-0.1, -0.05) is 25.5 Å². The summed E-state index contributed by atoms with van der Waals surface area (Å²) < 4.78 is 11.4. The van der Waals surface area contributed by atoms with E-state index in [1.165, 1.54) is 0 Å². The second-order valence-corrected chi connectivity index (χ2v) is 11.2. The second kappa shape index (κ2) is 12.4. The highest BCUT2D eigenvalue weighted by atomic mass is 79.9. The lowest BCUT2D eigenvalue weighted by atomic mass is 9.66. The molecule has 4 atom stereocenters. The molecule has 8 heteroatoms. The van der Waals surface area contributed by atoms with Crippen LogP contribution in [-0.2, 0) is 9.59 Å². The maximum Gasteiger partial charge on any atom is 0.250 e. The van der Waals surface area contributed by atoms with Crippen molar-refractivity contribution >= 4 is 33.3 Å². The molecular weight excluding hydrogens is 560 g/mol. The number of aliphatic imine (C=N–C) groups is 1. The molecule has 1 fully saturated rings. The van der Waals surface area contributed by atoms with Crippen LogP contribution in [0.15, 0.2) is 57.1 Å². The van der Waals surface area contributed by atoms with Crippen LogP contribution in [0, 0.1) is 11.8 Å². The van der Waals surface area contributed by atoms with Gasteiger partial charge in [-0.15, -0.1) is 0 Å². The Morgan fingerprint density at radius 3 is 2.54 bits per heavy atom. The molecule has 2 N–H and O–H groups in total. The molecule has 39 heavy (non-hydrogen) atoms. The number of ketones is 1. The monoisotopic (exact) mass is 596 g/mol. The van der Waals surface area contributed by atoms with E-state index in [1.54, 1.807) is 19.2 Å². The first kappa shape index (κ1) is 28.9. The number of hydrogen-bond acceptors (Lipinski definition) is 6. The average Bonchev–Trinajstić information content (AvgIpc) is 2.90. The van der Waals surface area contributed by atoms with Crippen LogP contribution in [0.4, 0.5) is 0 Å². The summed E-state index contributed by atoms with van der Waals surface area (Å²) in [7, 11) is 1.61. The number of carbonyl (C=O) groups excluding carboxylic acids is 2. The molecule has 1 aliphatic carbocycles. The van der Waals surface area contributed by atoms with Crippen LogP contribution in [-0.4, -0.2) is 36.2 Å². The molecule has 0 saturated heterocycles. The summed E-state index contributed by atoms with van der Waals surface area (Å²) in [5.74, 6) is 0.0507. The quantitative estimate of drug-likeness (QED) is 0.338. The minimum absolute atomic E-state index is 0.0110. The number of Topliss-reactive ketones (excluding diaryl/α,β-unsaturated/α-hetero) is 1. The van der Waals surface area contributed by atoms with Gasteiger partial charge in [0.25, 0.3) is 0 Å². The molecule has 4 rings (SSSR count). The van der Waals surface area contributed by atoms with Gasteiger partial charge in [0.1, 0.15) is 11.5 Å². The summed E-state index contributed by atoms with van der Waals surface area (Å²) in [6.45, 7) is 8.10. The zero-order valence-electron chi connectivity index (χ0n) is 23.2. The Morgan fingerprint density at radius 1 is 1.18 bits per heavy atom. The number of carbonyl (C=O) groups is 2. The highest BCUT2D eigenvalue weighted by Gasteiger charge is 2.45. The number of aromatic hydroxyl groups is 1. The van der Waals surface area contributed by atoms with Gasteiger partial charge in [0.15, 0.2) is 11.5 Å². The standard InChI is InChI=1S/C31H37BrN2O5/c1-6-8-19-13-24-29(25(35)14-19)28(21-15-23(32)30(36)26(16-21)39-7-2)27(18(4)33-24)31(37)34-17(3)20-9-11-22(38-5)12-10-20/h9-12,15-17,19,28-29,36H,6-8,13-14H2,1-5H3,(H,34,37)/t17?,19-,28+,29?/m0/s1. The van der Waals surface area contributed by atoms with E-state index in [-0.39, 0.29) is 29.4 Å². The fourth-order valence-corrected chi connectivity index (χ4v) is 6.28. The number of rotatable bonds is 9. The number of halogens is 1. The number of phenolic OH excluding ortho intramolecular Hbond substituents is 1. The highest BCUT2D eigenvalue weighted by molar-refractivity contribution is 9.10. The zero-order chi connectivity index (χ0) is 28.3. The van der Waals surface area contributed by atoms with Crippen molar-refractivity contribution in [3.8, 4) is 17.2 Å². The van der Waals surface area contributed by atoms with Crippen LogP contribution in [0.2, 0.25) is 0 Å². The highest BCUT2D eigenvalue weighted by Crippen LogP contribution is 2.47. The van der Waals surface area contributed by atoms with Gasteiger partial charge in [-0.25, -0.2) is 0 Å². The van der Waals surface area contributed by atoms with Crippen molar-refractivity contribution in [2.24, 2.45) is 16.8 Å². The van der Waals surface area contributed by atoms with Crippen molar-refractivity contribution in [1.29, 1.82) is 0 Å². The van der Waals surface area contributed by atoms with E-state index in [0.29, 0.717) is 34.5 Å². The summed E-state index contributed by atoms with van der Waals surface area (Å²) in [6, 6.07) is 10.8. The van der Waals surface area contributed by atoms with Crippen LogP contribution in [0.1, 0.15) is 76.5 Å². The lowest BCUT2D eigenvalue weighted by molar-refractivity contribution is -0.123. The summed E-state index contributed by atoms with van der Waals surface area (Å²) in [5, 5.41) is 13.7. The van der Waals surface area contributed by atoms with Crippen molar-refractivity contribution in [3.05, 3.63) is 63.3 Å². The molecule has 2 aromatic rings. The van der Waals surface area contributed by atoms with E-state index in [4.69, 9.17) is 14.5 Å². The molecule has 7 nitrogen and oxygen atoms in total. The largest absolute Gasteiger partial charge is 0.503 e. The SMILES string of the molecule is CCC[C@@H]1CC(=O)C2C(=NC(C)=C(C(=O)NC(C)c3ccc(OC)cc3)[C@H]2c2cc(Br)c(O)c(OCC)c2)C1. The average molecular weight is 598 g/mol. The Hall–Kier alpha value is -3.13. The number of allylic oxidation sites excluding steroid dienone is 1. The Labute approximate surface area is 238 Å². The third kappa shape index (κ3) is 6.06. The molecule has 1 heterocycles. The van der Waals surface area contributed by atoms with Gasteiger partial charge < -0.3 is 19.9 Å². The molecular formula is C31H37BrN2O5. The Kier molecular flexibility index (Phi) is 9.15. The number of nitrogens with zero attached hydrogens (tertiary/aromatic N) is 1. The number of nitrogens with one attached hydrogen (secondary N) is 1. The van der Waals surface area contributed by atoms with E-state index < -0.39 is 11.8 Å². The molecule has 2 aliphatic rings. The smallest absolute Gasteiger partial charge is 0.250 e. The van der Waals surface area contributed by atoms with Crippen LogP contribution >= 0.6 is 15.9 Å². The number of phenols is 1. The number of hydrogen-bond donors (Lipinski definition) is 2. The Morgan fingerprint density at radius 2 is 1.90 bits per heavy atom. The molecule has 0 bridgehead atoms. The lowest BCUT2D eigenvalue weighted by Gasteiger charge is -2.38. The van der Waals surface area contributed by atoms with E-state index in [2.05, 4.69) is 28.2 Å². The van der Waals surface area contributed by atoms with Gasteiger partial charge in [-0.05, 0) is 90.9 Å². The van der Waals surface area contributed by atoms with Crippen molar-refractivity contribution < 1.29 is 24.2 Å². The van der Waals surface area contributed by atoms with E-state index in [1.807, 2.05) is 45.0 Å². The first-order chi connectivity index (χ1) is 18.7. The minimum Gasteiger partial charge on any atom is -0.503 e. The number of ether oxygens (including phenoxy) is 2. The summed E-state index contributed by atoms with van der Waals surface area (Å²) in [4.78, 5) is 32.5. The topological polar surface area (TPSA) is 97.2 Å². The zero-order valence-corrected chi connectivity index (χ0v) is 24.8. The summed E-state index contributed by atoms with van der Waals surface area (Å²) in [6.07, 6.45) is 3.19. The maximum absolute atomic E-state index is 13.9. The third-order valence-electron chi connectivity index (χ3n) is 7.65. The molecule has 2 aromatic carbocycles. The van der Waals surface area contributed by atoms with Gasteiger partial charge in [0.05, 0.1) is 30.1 Å². The fourth-order valence-electron chi connectivity index (χ4n) is 5.82. The van der Waals surface area contributed by atoms with Crippen LogP contribution in [0.3, 0.4) is 0 Å². The van der Waals surface area contributed by atoms with Crippen molar-refractivity contribution in [2.45, 2.75) is 65.3 Å². The third-order valence-corrected chi connectivity index (χ3v) is 8.26. The van der Waals surface area contributed by atoms with Crippen molar-refractivity contribution in [3.63, 3.8) is 0 Å². The minimum atomic E-state index is -0.549. The fraction of sp³-hybridized carbons (Fsp3) is 0.452. The number of fused-ring (bicyclic) bond motifs is 1. The number of methoxy groups -OCH3 is 1. The summed E-state index contributed by atoms with van der Waals surface area (Å²) in [5.41, 5.74) is 3.57. The van der Waals surface area contributed by atoms with Crippen LogP contribution in [0.5, 0.6) is 17.2 Å². The predicted molar refractivity (Wildman–Crippen MR) is 156 cm³/mol. The number of benzene rings is 2. The first-order valence-electron chi connectivity index (χ1n) is 13.6. The van der Waals surface area contributed by atoms with Gasteiger partial charge in [-0.3, -0.25) is 14.6 Å². The molecule has 1 aliphatic heterocycles. The molecule has 2 unspecified atom stereocenters. The first-order valence-corrected chi connectivity index (χ1v) is 14.4. The van der Waals surface area contributed by atoms with Crippen molar-refractivity contribution in [1.82, 2.24) is 5.32 Å². The summed E-state index contributed by atoms with van der Waals surface area (Å²) >= 11 is 3.45. The second-order valence-electron chi connectivity index (χ2n) is 10.3.